The predicted molar refractivity (Wildman–Crippen MR) is 114 cm³/mol. The molecule has 1 saturated heterocycles. The first kappa shape index (κ1) is 22.5. The van der Waals surface area contributed by atoms with Crippen molar-refractivity contribution in [3.63, 3.8) is 0 Å². The molecular weight excluding hydrogens is 421 g/mol. The van der Waals surface area contributed by atoms with Gasteiger partial charge in [-0.15, -0.1) is 0 Å². The highest BCUT2D eigenvalue weighted by molar-refractivity contribution is 5.83. The first-order valence-corrected chi connectivity index (χ1v) is 10.9. The van der Waals surface area contributed by atoms with Crippen LogP contribution in [0.5, 0.6) is 11.5 Å². The van der Waals surface area contributed by atoms with Crippen molar-refractivity contribution in [3.05, 3.63) is 59.2 Å². The monoisotopic (exact) mass is 448 g/mol. The lowest BCUT2D eigenvalue weighted by atomic mass is 9.99. The molecule has 2 aliphatic rings. The zero-order valence-corrected chi connectivity index (χ0v) is 18.0. The summed E-state index contributed by atoms with van der Waals surface area (Å²) >= 11 is 0. The van der Waals surface area contributed by atoms with Crippen molar-refractivity contribution in [1.82, 2.24) is 9.80 Å². The molecule has 0 saturated carbocycles. The van der Waals surface area contributed by atoms with Crippen LogP contribution in [-0.2, 0) is 17.5 Å². The quantitative estimate of drug-likeness (QED) is 0.699. The number of carbonyl (C=O) groups is 1. The van der Waals surface area contributed by atoms with Crippen LogP contribution in [0.3, 0.4) is 0 Å². The number of ether oxygens (including phenoxy) is 2. The molecule has 5 nitrogen and oxygen atoms in total. The van der Waals surface area contributed by atoms with Crippen molar-refractivity contribution in [3.8, 4) is 11.5 Å². The second-order valence-corrected chi connectivity index (χ2v) is 8.27. The third kappa shape index (κ3) is 5.18. The molecule has 1 unspecified atom stereocenters. The van der Waals surface area contributed by atoms with Gasteiger partial charge in [-0.2, -0.15) is 13.2 Å². The van der Waals surface area contributed by atoms with Gasteiger partial charge in [-0.25, -0.2) is 0 Å². The van der Waals surface area contributed by atoms with Gasteiger partial charge >= 0.3 is 6.18 Å². The lowest BCUT2D eigenvalue weighted by molar-refractivity contribution is -0.137. The number of hydrogen-bond acceptors (Lipinski definition) is 4. The van der Waals surface area contributed by atoms with Gasteiger partial charge in [-0.1, -0.05) is 18.2 Å². The van der Waals surface area contributed by atoms with Gasteiger partial charge in [-0.3, -0.25) is 9.69 Å². The fourth-order valence-corrected chi connectivity index (χ4v) is 4.15. The number of hydrogen-bond donors (Lipinski definition) is 0. The third-order valence-electron chi connectivity index (χ3n) is 6.02. The van der Waals surface area contributed by atoms with Crippen LogP contribution in [0.2, 0.25) is 0 Å². The molecule has 0 aromatic heterocycles. The van der Waals surface area contributed by atoms with Crippen molar-refractivity contribution in [2.75, 3.05) is 39.4 Å². The molecule has 32 heavy (non-hydrogen) atoms. The maximum Gasteiger partial charge on any atom is 0.416 e. The SMILES string of the molecule is CC(C(=O)N1CCCN(Cc2ccc(C(F)(F)F)cc2)CC1)c1ccc2c(c1)OCCO2. The molecule has 172 valence electrons. The van der Waals surface area contributed by atoms with Crippen LogP contribution in [0.15, 0.2) is 42.5 Å². The van der Waals surface area contributed by atoms with E-state index in [2.05, 4.69) is 4.90 Å². The number of alkyl halides is 3. The summed E-state index contributed by atoms with van der Waals surface area (Å²) in [5, 5.41) is 0. The third-order valence-corrected chi connectivity index (χ3v) is 6.02. The highest BCUT2D eigenvalue weighted by Gasteiger charge is 2.30. The van der Waals surface area contributed by atoms with Crippen LogP contribution in [-0.4, -0.2) is 55.1 Å². The van der Waals surface area contributed by atoms with E-state index < -0.39 is 11.7 Å². The molecule has 0 aliphatic carbocycles. The number of amides is 1. The van der Waals surface area contributed by atoms with Gasteiger partial charge in [0.25, 0.3) is 0 Å². The standard InChI is InChI=1S/C24H27F3N2O3/c1-17(19-5-8-21-22(15-19)32-14-13-31-21)23(30)29-10-2-9-28(11-12-29)16-18-3-6-20(7-4-18)24(25,26)27/h3-8,15,17H,2,9-14,16H2,1H3. The normalized spacial score (nSPS) is 18.2. The van der Waals surface area contributed by atoms with E-state index in [0.29, 0.717) is 50.9 Å². The minimum absolute atomic E-state index is 0.0676. The fourth-order valence-electron chi connectivity index (χ4n) is 4.15. The van der Waals surface area contributed by atoms with Gasteiger partial charge in [0.2, 0.25) is 5.91 Å². The molecule has 2 aromatic rings. The molecule has 0 N–H and O–H groups in total. The zero-order chi connectivity index (χ0) is 22.7. The van der Waals surface area contributed by atoms with E-state index in [1.165, 1.54) is 12.1 Å². The average Bonchev–Trinajstić information content (AvgIpc) is 3.03. The van der Waals surface area contributed by atoms with E-state index in [1.54, 1.807) is 0 Å². The van der Waals surface area contributed by atoms with Crippen LogP contribution in [0.1, 0.15) is 36.0 Å². The van der Waals surface area contributed by atoms with E-state index in [9.17, 15) is 18.0 Å². The van der Waals surface area contributed by atoms with E-state index in [1.807, 2.05) is 30.0 Å². The van der Waals surface area contributed by atoms with Gasteiger partial charge in [0.15, 0.2) is 11.5 Å². The molecule has 2 aliphatic heterocycles. The number of nitrogens with zero attached hydrogens (tertiary/aromatic N) is 2. The Morgan fingerprint density at radius 3 is 2.41 bits per heavy atom. The molecule has 0 spiro atoms. The zero-order valence-electron chi connectivity index (χ0n) is 18.0. The van der Waals surface area contributed by atoms with Crippen molar-refractivity contribution < 1.29 is 27.4 Å². The van der Waals surface area contributed by atoms with E-state index in [0.717, 1.165) is 36.2 Å². The Bertz CT molecular complexity index is 946. The first-order valence-electron chi connectivity index (χ1n) is 10.9. The highest BCUT2D eigenvalue weighted by atomic mass is 19.4. The minimum atomic E-state index is -4.32. The van der Waals surface area contributed by atoms with Gasteiger partial charge in [0.05, 0.1) is 11.5 Å². The Labute approximate surface area is 185 Å². The minimum Gasteiger partial charge on any atom is -0.486 e. The van der Waals surface area contributed by atoms with Gasteiger partial charge in [0.1, 0.15) is 13.2 Å². The summed E-state index contributed by atoms with van der Waals surface area (Å²) in [5.41, 5.74) is 1.09. The molecule has 0 radical (unpaired) electrons. The van der Waals surface area contributed by atoms with Crippen LogP contribution < -0.4 is 9.47 Å². The van der Waals surface area contributed by atoms with E-state index in [-0.39, 0.29) is 11.8 Å². The molecular formula is C24H27F3N2O3. The molecule has 1 atom stereocenters. The maximum atomic E-state index is 13.1. The predicted octanol–water partition coefficient (Wildman–Crippen LogP) is 4.31. The fraction of sp³-hybridized carbons (Fsp3) is 0.458. The molecule has 1 fully saturated rings. The molecule has 0 bridgehead atoms. The van der Waals surface area contributed by atoms with Crippen molar-refractivity contribution in [1.29, 1.82) is 0 Å². The van der Waals surface area contributed by atoms with Crippen molar-refractivity contribution >= 4 is 5.91 Å². The Hall–Kier alpha value is -2.74. The van der Waals surface area contributed by atoms with Gasteiger partial charge < -0.3 is 14.4 Å². The van der Waals surface area contributed by atoms with Crippen LogP contribution in [0.4, 0.5) is 13.2 Å². The number of halogens is 3. The van der Waals surface area contributed by atoms with E-state index in [4.69, 9.17) is 9.47 Å². The summed E-state index contributed by atoms with van der Waals surface area (Å²) < 4.78 is 49.5. The lowest BCUT2D eigenvalue weighted by Gasteiger charge is -2.26. The lowest BCUT2D eigenvalue weighted by Crippen LogP contribution is -2.37. The molecule has 8 heteroatoms. The maximum absolute atomic E-state index is 13.1. The molecule has 2 aromatic carbocycles. The Morgan fingerprint density at radius 1 is 0.969 bits per heavy atom. The van der Waals surface area contributed by atoms with Crippen LogP contribution in [0, 0.1) is 0 Å². The Morgan fingerprint density at radius 2 is 1.69 bits per heavy atom. The molecule has 1 amide bonds. The summed E-state index contributed by atoms with van der Waals surface area (Å²) in [7, 11) is 0. The topological polar surface area (TPSA) is 42.0 Å². The largest absolute Gasteiger partial charge is 0.486 e. The first-order chi connectivity index (χ1) is 15.3. The summed E-state index contributed by atoms with van der Waals surface area (Å²) in [4.78, 5) is 17.2. The van der Waals surface area contributed by atoms with Gasteiger partial charge in [-0.05, 0) is 48.7 Å². The second-order valence-electron chi connectivity index (χ2n) is 8.27. The number of fused-ring (bicyclic) bond motifs is 1. The van der Waals surface area contributed by atoms with Crippen molar-refractivity contribution in [2.24, 2.45) is 0 Å². The molecule has 2 heterocycles. The van der Waals surface area contributed by atoms with Crippen molar-refractivity contribution in [2.45, 2.75) is 32.0 Å². The number of rotatable bonds is 4. The smallest absolute Gasteiger partial charge is 0.416 e. The van der Waals surface area contributed by atoms with Crippen LogP contribution >= 0.6 is 0 Å². The summed E-state index contributed by atoms with van der Waals surface area (Å²) in [6.45, 7) is 6.23. The van der Waals surface area contributed by atoms with Gasteiger partial charge in [0, 0.05) is 32.7 Å². The van der Waals surface area contributed by atoms with E-state index >= 15 is 0 Å². The average molecular weight is 448 g/mol. The second kappa shape index (κ2) is 9.40. The Balaban J connectivity index is 1.35. The summed E-state index contributed by atoms with van der Waals surface area (Å²) in [6, 6.07) is 10.9. The number of carbonyl (C=O) groups excluding carboxylic acids is 1. The summed E-state index contributed by atoms with van der Waals surface area (Å²) in [6.07, 6.45) is -3.50. The summed E-state index contributed by atoms with van der Waals surface area (Å²) in [5.74, 6) is 1.14. The molecule has 4 rings (SSSR count). The number of benzene rings is 2. The Kier molecular flexibility index (Phi) is 6.60. The van der Waals surface area contributed by atoms with Crippen LogP contribution in [0.25, 0.3) is 0 Å². The highest BCUT2D eigenvalue weighted by Crippen LogP contribution is 2.34.